The fourth-order valence-electron chi connectivity index (χ4n) is 1.09. The molecule has 1 aromatic rings. The van der Waals surface area contributed by atoms with Crippen molar-refractivity contribution < 1.29 is 22.7 Å². The number of halogens is 3. The third-order valence-electron chi connectivity index (χ3n) is 1.75. The van der Waals surface area contributed by atoms with Crippen LogP contribution in [0, 0.1) is 0 Å². The average molecular weight is 264 g/mol. The first-order valence-corrected chi connectivity index (χ1v) is 5.87. The summed E-state index contributed by atoms with van der Waals surface area (Å²) in [6.45, 7) is 1.90. The summed E-state index contributed by atoms with van der Waals surface area (Å²) in [6.07, 6.45) is -4.22. The van der Waals surface area contributed by atoms with E-state index in [1.54, 1.807) is 6.92 Å². The first-order chi connectivity index (χ1) is 7.92. The Balaban J connectivity index is 2.69. The minimum atomic E-state index is -4.22. The van der Waals surface area contributed by atoms with Crippen LogP contribution in [-0.4, -0.2) is 24.5 Å². The van der Waals surface area contributed by atoms with Crippen LogP contribution in [0.4, 0.5) is 13.2 Å². The average Bonchev–Trinajstić information content (AvgIpc) is 2.26. The maximum atomic E-state index is 12.0. The Kier molecular flexibility index (Phi) is 4.86. The van der Waals surface area contributed by atoms with E-state index in [-0.39, 0.29) is 12.2 Å². The molecule has 0 aliphatic rings. The summed E-state index contributed by atoms with van der Waals surface area (Å²) in [5.41, 5.74) is 0.263. The molecule has 17 heavy (non-hydrogen) atoms. The van der Waals surface area contributed by atoms with Crippen molar-refractivity contribution in [3.05, 3.63) is 29.8 Å². The highest BCUT2D eigenvalue weighted by molar-refractivity contribution is 7.99. The first kappa shape index (κ1) is 13.9. The molecule has 0 radical (unpaired) electrons. The van der Waals surface area contributed by atoms with Crippen LogP contribution >= 0.6 is 11.8 Å². The van der Waals surface area contributed by atoms with Crippen molar-refractivity contribution in [2.75, 3.05) is 12.4 Å². The van der Waals surface area contributed by atoms with Crippen LogP contribution in [0.3, 0.4) is 0 Å². The van der Waals surface area contributed by atoms with E-state index in [4.69, 9.17) is 4.74 Å². The molecule has 2 nitrogen and oxygen atoms in total. The Hall–Kier alpha value is -1.17. The molecule has 0 N–H and O–H groups in total. The third-order valence-corrected chi connectivity index (χ3v) is 2.81. The van der Waals surface area contributed by atoms with Gasteiger partial charge in [-0.05, 0) is 25.1 Å². The Morgan fingerprint density at radius 3 is 2.71 bits per heavy atom. The summed E-state index contributed by atoms with van der Waals surface area (Å²) in [5, 5.41) is 0. The van der Waals surface area contributed by atoms with Gasteiger partial charge in [0, 0.05) is 4.90 Å². The van der Waals surface area contributed by atoms with E-state index in [2.05, 4.69) is 0 Å². The molecule has 1 aromatic carbocycles. The van der Waals surface area contributed by atoms with Crippen molar-refractivity contribution in [1.29, 1.82) is 0 Å². The molecule has 0 amide bonds. The lowest BCUT2D eigenvalue weighted by Gasteiger charge is -2.07. The van der Waals surface area contributed by atoms with Crippen LogP contribution < -0.4 is 0 Å². The molecule has 1 rings (SSSR count). The summed E-state index contributed by atoms with van der Waals surface area (Å²) in [6, 6.07) is 5.97. The summed E-state index contributed by atoms with van der Waals surface area (Å²) >= 11 is 0.644. The van der Waals surface area contributed by atoms with E-state index in [0.717, 1.165) is 0 Å². The summed E-state index contributed by atoms with van der Waals surface area (Å²) in [7, 11) is 0. The van der Waals surface area contributed by atoms with Gasteiger partial charge in [-0.1, -0.05) is 6.07 Å². The number of hydrogen-bond acceptors (Lipinski definition) is 3. The summed E-state index contributed by atoms with van der Waals surface area (Å²) < 4.78 is 40.8. The number of carbonyl (C=O) groups excluding carboxylic acids is 1. The second-order valence-corrected chi connectivity index (χ2v) is 4.20. The molecule has 0 aromatic heterocycles. The standard InChI is InChI=1S/C11H11F3O2S/c1-2-16-10(15)8-4-3-5-9(6-8)17-7-11(12,13)14/h3-6H,2,7H2,1H3. The zero-order valence-corrected chi connectivity index (χ0v) is 9.90. The van der Waals surface area contributed by atoms with Crippen LogP contribution in [0.25, 0.3) is 0 Å². The van der Waals surface area contributed by atoms with Gasteiger partial charge in [0.1, 0.15) is 0 Å². The second kappa shape index (κ2) is 5.95. The number of thioether (sulfide) groups is 1. The zero-order valence-electron chi connectivity index (χ0n) is 9.08. The minimum Gasteiger partial charge on any atom is -0.462 e. The lowest BCUT2D eigenvalue weighted by atomic mass is 10.2. The summed E-state index contributed by atoms with van der Waals surface area (Å²) in [5.74, 6) is -1.50. The van der Waals surface area contributed by atoms with E-state index < -0.39 is 17.9 Å². The zero-order chi connectivity index (χ0) is 12.9. The van der Waals surface area contributed by atoms with Gasteiger partial charge in [0.15, 0.2) is 0 Å². The molecular weight excluding hydrogens is 253 g/mol. The van der Waals surface area contributed by atoms with E-state index in [1.807, 2.05) is 0 Å². The number of carbonyl (C=O) groups is 1. The molecular formula is C11H11F3O2S. The number of esters is 1. The van der Waals surface area contributed by atoms with Gasteiger partial charge in [-0.2, -0.15) is 13.2 Å². The van der Waals surface area contributed by atoms with Gasteiger partial charge in [0.05, 0.1) is 17.9 Å². The van der Waals surface area contributed by atoms with Crippen molar-refractivity contribution in [1.82, 2.24) is 0 Å². The summed E-state index contributed by atoms with van der Waals surface area (Å²) in [4.78, 5) is 11.7. The topological polar surface area (TPSA) is 26.3 Å². The van der Waals surface area contributed by atoms with Gasteiger partial charge in [0.25, 0.3) is 0 Å². The molecule has 0 spiro atoms. The fourth-order valence-corrected chi connectivity index (χ4v) is 1.81. The highest BCUT2D eigenvalue weighted by atomic mass is 32.2. The predicted octanol–water partition coefficient (Wildman–Crippen LogP) is 3.52. The SMILES string of the molecule is CCOC(=O)c1cccc(SCC(F)(F)F)c1. The van der Waals surface area contributed by atoms with Crippen molar-refractivity contribution >= 4 is 17.7 Å². The number of alkyl halides is 3. The fraction of sp³-hybridized carbons (Fsp3) is 0.364. The third kappa shape index (κ3) is 5.12. The smallest absolute Gasteiger partial charge is 0.398 e. The molecule has 0 aliphatic carbocycles. The molecule has 94 valence electrons. The molecule has 0 saturated heterocycles. The number of rotatable bonds is 4. The quantitative estimate of drug-likeness (QED) is 0.615. The Morgan fingerprint density at radius 1 is 1.41 bits per heavy atom. The van der Waals surface area contributed by atoms with Crippen molar-refractivity contribution in [3.63, 3.8) is 0 Å². The lowest BCUT2D eigenvalue weighted by Crippen LogP contribution is -2.10. The van der Waals surface area contributed by atoms with Gasteiger partial charge >= 0.3 is 12.1 Å². The van der Waals surface area contributed by atoms with Gasteiger partial charge in [-0.15, -0.1) is 11.8 Å². The van der Waals surface area contributed by atoms with Crippen LogP contribution in [0.5, 0.6) is 0 Å². The molecule has 0 fully saturated rings. The van der Waals surface area contributed by atoms with Crippen LogP contribution in [-0.2, 0) is 4.74 Å². The Bertz CT molecular complexity index is 391. The van der Waals surface area contributed by atoms with Gasteiger partial charge in [-0.3, -0.25) is 0 Å². The van der Waals surface area contributed by atoms with Gasteiger partial charge < -0.3 is 4.74 Å². The van der Waals surface area contributed by atoms with E-state index in [9.17, 15) is 18.0 Å². The van der Waals surface area contributed by atoms with Crippen LogP contribution in [0.1, 0.15) is 17.3 Å². The molecule has 0 atom stereocenters. The molecule has 0 heterocycles. The maximum Gasteiger partial charge on any atom is 0.398 e. The van der Waals surface area contributed by atoms with Crippen molar-refractivity contribution in [2.45, 2.75) is 18.0 Å². The second-order valence-electron chi connectivity index (χ2n) is 3.15. The number of ether oxygens (including phenoxy) is 1. The first-order valence-electron chi connectivity index (χ1n) is 4.89. The van der Waals surface area contributed by atoms with Crippen LogP contribution in [0.2, 0.25) is 0 Å². The molecule has 0 bridgehead atoms. The normalized spacial score (nSPS) is 11.3. The van der Waals surface area contributed by atoms with Gasteiger partial charge in [0.2, 0.25) is 0 Å². The number of hydrogen-bond donors (Lipinski definition) is 0. The monoisotopic (exact) mass is 264 g/mol. The Labute approximate surface area is 101 Å². The lowest BCUT2D eigenvalue weighted by molar-refractivity contribution is -0.105. The Morgan fingerprint density at radius 2 is 2.12 bits per heavy atom. The van der Waals surface area contributed by atoms with Crippen molar-refractivity contribution in [3.8, 4) is 0 Å². The van der Waals surface area contributed by atoms with E-state index in [0.29, 0.717) is 16.7 Å². The maximum absolute atomic E-state index is 12.0. The molecule has 6 heteroatoms. The van der Waals surface area contributed by atoms with Gasteiger partial charge in [-0.25, -0.2) is 4.79 Å². The van der Waals surface area contributed by atoms with E-state index >= 15 is 0 Å². The molecule has 0 unspecified atom stereocenters. The highest BCUT2D eigenvalue weighted by Crippen LogP contribution is 2.27. The minimum absolute atomic E-state index is 0.235. The number of benzene rings is 1. The van der Waals surface area contributed by atoms with Crippen molar-refractivity contribution in [2.24, 2.45) is 0 Å². The highest BCUT2D eigenvalue weighted by Gasteiger charge is 2.27. The molecule has 0 saturated carbocycles. The predicted molar refractivity (Wildman–Crippen MR) is 59.2 cm³/mol. The molecule has 0 aliphatic heterocycles. The largest absolute Gasteiger partial charge is 0.462 e. The van der Waals surface area contributed by atoms with Crippen LogP contribution in [0.15, 0.2) is 29.2 Å². The van der Waals surface area contributed by atoms with E-state index in [1.165, 1.54) is 24.3 Å².